The molecular weight excluding hydrogens is 302 g/mol. The first-order valence-corrected chi connectivity index (χ1v) is 6.93. The number of benzene rings is 1. The predicted octanol–water partition coefficient (Wildman–Crippen LogP) is 4.37. The van der Waals surface area contributed by atoms with Gasteiger partial charge >= 0.3 is 0 Å². The SMILES string of the molecule is CC(C)(C)c1ccc(C(=O)c2cncc(Br)c2)cc1. The summed E-state index contributed by atoms with van der Waals surface area (Å²) in [6, 6.07) is 9.57. The van der Waals surface area contributed by atoms with Gasteiger partial charge in [-0.15, -0.1) is 0 Å². The lowest BCUT2D eigenvalue weighted by atomic mass is 9.86. The van der Waals surface area contributed by atoms with Crippen LogP contribution in [0.5, 0.6) is 0 Å². The zero-order chi connectivity index (χ0) is 14.0. The number of pyridine rings is 1. The summed E-state index contributed by atoms with van der Waals surface area (Å²) < 4.78 is 0.810. The first-order valence-electron chi connectivity index (χ1n) is 6.14. The third-order valence-corrected chi connectivity index (χ3v) is 3.41. The molecule has 0 unspecified atom stereocenters. The maximum atomic E-state index is 12.3. The number of nitrogens with zero attached hydrogens (tertiary/aromatic N) is 1. The fraction of sp³-hybridized carbons (Fsp3) is 0.250. The van der Waals surface area contributed by atoms with E-state index < -0.39 is 0 Å². The molecule has 0 bridgehead atoms. The van der Waals surface area contributed by atoms with Crippen molar-refractivity contribution in [3.63, 3.8) is 0 Å². The Morgan fingerprint density at radius 2 is 1.68 bits per heavy atom. The summed E-state index contributed by atoms with van der Waals surface area (Å²) in [5.41, 5.74) is 2.60. The van der Waals surface area contributed by atoms with Crippen molar-refractivity contribution in [2.75, 3.05) is 0 Å². The molecule has 0 spiro atoms. The highest BCUT2D eigenvalue weighted by Gasteiger charge is 2.15. The van der Waals surface area contributed by atoms with Crippen molar-refractivity contribution in [1.82, 2.24) is 4.98 Å². The van der Waals surface area contributed by atoms with Gasteiger partial charge in [0, 0.05) is 28.0 Å². The minimum Gasteiger partial charge on any atom is -0.289 e. The minimum atomic E-state index is -0.00532. The van der Waals surface area contributed by atoms with Crippen LogP contribution in [0, 0.1) is 0 Å². The average Bonchev–Trinajstić information content (AvgIpc) is 2.37. The summed E-state index contributed by atoms with van der Waals surface area (Å²) in [6.07, 6.45) is 3.25. The number of halogens is 1. The molecular formula is C16H16BrNO. The van der Waals surface area contributed by atoms with E-state index in [1.54, 1.807) is 18.5 Å². The van der Waals surface area contributed by atoms with Crippen LogP contribution in [0.15, 0.2) is 47.2 Å². The molecule has 1 heterocycles. The maximum absolute atomic E-state index is 12.3. The molecule has 0 saturated heterocycles. The molecule has 98 valence electrons. The van der Waals surface area contributed by atoms with E-state index in [1.165, 1.54) is 5.56 Å². The highest BCUT2D eigenvalue weighted by molar-refractivity contribution is 9.10. The van der Waals surface area contributed by atoms with Gasteiger partial charge in [-0.1, -0.05) is 45.0 Å². The first kappa shape index (κ1) is 13.9. The number of carbonyl (C=O) groups excluding carboxylic acids is 1. The monoisotopic (exact) mass is 317 g/mol. The summed E-state index contributed by atoms with van der Waals surface area (Å²) in [7, 11) is 0. The average molecular weight is 318 g/mol. The maximum Gasteiger partial charge on any atom is 0.194 e. The van der Waals surface area contributed by atoms with Crippen molar-refractivity contribution < 1.29 is 4.79 Å². The summed E-state index contributed by atoms with van der Waals surface area (Å²) in [5.74, 6) is -0.00532. The molecule has 0 aliphatic heterocycles. The molecule has 1 aromatic carbocycles. The van der Waals surface area contributed by atoms with Crippen LogP contribution in [-0.4, -0.2) is 10.8 Å². The molecule has 0 fully saturated rings. The first-order chi connectivity index (χ1) is 8.88. The second-order valence-corrected chi connectivity index (χ2v) is 6.46. The summed E-state index contributed by atoms with van der Waals surface area (Å²) in [4.78, 5) is 16.3. The lowest BCUT2D eigenvalue weighted by Gasteiger charge is -2.18. The summed E-state index contributed by atoms with van der Waals surface area (Å²) in [6.45, 7) is 6.46. The van der Waals surface area contributed by atoms with Crippen LogP contribution in [0.2, 0.25) is 0 Å². The van der Waals surface area contributed by atoms with Gasteiger partial charge in [0.05, 0.1) is 0 Å². The van der Waals surface area contributed by atoms with Gasteiger partial charge in [0.1, 0.15) is 0 Å². The van der Waals surface area contributed by atoms with Crippen molar-refractivity contribution in [2.45, 2.75) is 26.2 Å². The number of hydrogen-bond donors (Lipinski definition) is 0. The van der Waals surface area contributed by atoms with Crippen LogP contribution in [0.25, 0.3) is 0 Å². The smallest absolute Gasteiger partial charge is 0.194 e. The Morgan fingerprint density at radius 3 is 2.21 bits per heavy atom. The second kappa shape index (κ2) is 5.25. The fourth-order valence-electron chi connectivity index (χ4n) is 1.82. The molecule has 2 rings (SSSR count). The molecule has 0 aliphatic rings. The molecule has 0 atom stereocenters. The molecule has 0 aliphatic carbocycles. The third-order valence-electron chi connectivity index (χ3n) is 2.98. The molecule has 0 N–H and O–H groups in total. The highest BCUT2D eigenvalue weighted by atomic mass is 79.9. The van der Waals surface area contributed by atoms with E-state index in [-0.39, 0.29) is 11.2 Å². The Labute approximate surface area is 122 Å². The van der Waals surface area contributed by atoms with Crippen molar-refractivity contribution in [1.29, 1.82) is 0 Å². The number of ketones is 1. The van der Waals surface area contributed by atoms with E-state index in [2.05, 4.69) is 41.7 Å². The standard InChI is InChI=1S/C16H16BrNO/c1-16(2,3)13-6-4-11(5-7-13)15(19)12-8-14(17)10-18-9-12/h4-10H,1-3H3. The molecule has 19 heavy (non-hydrogen) atoms. The van der Waals surface area contributed by atoms with E-state index in [1.807, 2.05) is 24.3 Å². The number of hydrogen-bond acceptors (Lipinski definition) is 2. The van der Waals surface area contributed by atoms with Gasteiger partial charge in [0.2, 0.25) is 0 Å². The van der Waals surface area contributed by atoms with Crippen LogP contribution in [0.3, 0.4) is 0 Å². The van der Waals surface area contributed by atoms with Crippen molar-refractivity contribution in [2.24, 2.45) is 0 Å². The molecule has 1 aromatic heterocycles. The Morgan fingerprint density at radius 1 is 1.05 bits per heavy atom. The van der Waals surface area contributed by atoms with Gasteiger partial charge in [0.25, 0.3) is 0 Å². The molecule has 2 aromatic rings. The molecule has 0 saturated carbocycles. The van der Waals surface area contributed by atoms with Gasteiger partial charge in [0.15, 0.2) is 5.78 Å². The van der Waals surface area contributed by atoms with E-state index in [0.29, 0.717) is 11.1 Å². The lowest BCUT2D eigenvalue weighted by molar-refractivity contribution is 0.103. The molecule has 0 amide bonds. The number of carbonyl (C=O) groups is 1. The van der Waals surface area contributed by atoms with Crippen molar-refractivity contribution in [3.05, 3.63) is 63.9 Å². The van der Waals surface area contributed by atoms with Crippen LogP contribution >= 0.6 is 15.9 Å². The van der Waals surface area contributed by atoms with E-state index >= 15 is 0 Å². The zero-order valence-corrected chi connectivity index (χ0v) is 12.9. The Balaban J connectivity index is 2.30. The molecule has 3 heteroatoms. The normalized spacial score (nSPS) is 11.4. The topological polar surface area (TPSA) is 30.0 Å². The number of rotatable bonds is 2. The van der Waals surface area contributed by atoms with E-state index in [4.69, 9.17) is 0 Å². The number of aromatic nitrogens is 1. The Bertz CT molecular complexity index is 597. The van der Waals surface area contributed by atoms with Gasteiger partial charge in [-0.25, -0.2) is 0 Å². The lowest BCUT2D eigenvalue weighted by Crippen LogP contribution is -2.11. The Kier molecular flexibility index (Phi) is 3.85. The van der Waals surface area contributed by atoms with Crippen molar-refractivity contribution in [3.8, 4) is 0 Å². The van der Waals surface area contributed by atoms with E-state index in [9.17, 15) is 4.79 Å². The minimum absolute atomic E-state index is 0.00532. The Hall–Kier alpha value is -1.48. The highest BCUT2D eigenvalue weighted by Crippen LogP contribution is 2.23. The van der Waals surface area contributed by atoms with Crippen LogP contribution in [0.1, 0.15) is 42.3 Å². The zero-order valence-electron chi connectivity index (χ0n) is 11.3. The van der Waals surface area contributed by atoms with Gasteiger partial charge in [-0.2, -0.15) is 0 Å². The predicted molar refractivity (Wildman–Crippen MR) is 80.5 cm³/mol. The summed E-state index contributed by atoms with van der Waals surface area (Å²) >= 11 is 3.33. The summed E-state index contributed by atoms with van der Waals surface area (Å²) in [5, 5.41) is 0. The third kappa shape index (κ3) is 3.29. The molecule has 0 radical (unpaired) electrons. The largest absolute Gasteiger partial charge is 0.289 e. The van der Waals surface area contributed by atoms with Gasteiger partial charge < -0.3 is 0 Å². The van der Waals surface area contributed by atoms with E-state index in [0.717, 1.165) is 4.47 Å². The second-order valence-electron chi connectivity index (χ2n) is 5.55. The van der Waals surface area contributed by atoms with Crippen LogP contribution < -0.4 is 0 Å². The van der Waals surface area contributed by atoms with Crippen LogP contribution in [-0.2, 0) is 5.41 Å². The van der Waals surface area contributed by atoms with Crippen LogP contribution in [0.4, 0.5) is 0 Å². The quantitative estimate of drug-likeness (QED) is 0.770. The fourth-order valence-corrected chi connectivity index (χ4v) is 2.19. The van der Waals surface area contributed by atoms with Gasteiger partial charge in [-0.05, 0) is 33.0 Å². The van der Waals surface area contributed by atoms with Crippen molar-refractivity contribution >= 4 is 21.7 Å². The van der Waals surface area contributed by atoms with Gasteiger partial charge in [-0.3, -0.25) is 9.78 Å². The molecule has 2 nitrogen and oxygen atoms in total.